The molecule has 0 radical (unpaired) electrons. The van der Waals surface area contributed by atoms with Crippen LogP contribution >= 0.6 is 22.9 Å². The average molecular weight is 320 g/mol. The molecule has 3 nitrogen and oxygen atoms in total. The van der Waals surface area contributed by atoms with Gasteiger partial charge in [-0.25, -0.2) is 9.97 Å². The molecule has 3 heterocycles. The molecule has 0 amide bonds. The maximum absolute atomic E-state index is 5.94. The zero-order valence-electron chi connectivity index (χ0n) is 12.2. The number of aryl methyl sites for hydroxylation is 2. The summed E-state index contributed by atoms with van der Waals surface area (Å²) in [6.07, 6.45) is 3.66. The number of nitrogens with zero attached hydrogens (tertiary/aromatic N) is 3. The number of hydrogen-bond donors (Lipinski definition) is 0. The number of thiophene rings is 1. The van der Waals surface area contributed by atoms with E-state index >= 15 is 0 Å². The molecule has 0 aliphatic heterocycles. The van der Waals surface area contributed by atoms with Crippen LogP contribution < -0.4 is 0 Å². The van der Waals surface area contributed by atoms with Crippen molar-refractivity contribution in [3.05, 3.63) is 46.0 Å². The van der Waals surface area contributed by atoms with Crippen LogP contribution in [0.4, 0.5) is 0 Å². The van der Waals surface area contributed by atoms with Gasteiger partial charge in [-0.05, 0) is 54.3 Å². The van der Waals surface area contributed by atoms with Gasteiger partial charge in [0.1, 0.15) is 11.3 Å². The highest BCUT2D eigenvalue weighted by molar-refractivity contribution is 7.07. The third-order valence-corrected chi connectivity index (χ3v) is 4.53. The molecule has 110 valence electrons. The molecule has 1 atom stereocenters. The van der Waals surface area contributed by atoms with Gasteiger partial charge in [0.2, 0.25) is 0 Å². The van der Waals surface area contributed by atoms with Gasteiger partial charge < -0.3 is 4.57 Å². The first-order chi connectivity index (χ1) is 10.2. The first-order valence-corrected chi connectivity index (χ1v) is 8.57. The van der Waals surface area contributed by atoms with Gasteiger partial charge in [-0.3, -0.25) is 0 Å². The maximum Gasteiger partial charge on any atom is 0.160 e. The minimum Gasteiger partial charge on any atom is -0.309 e. The monoisotopic (exact) mass is 319 g/mol. The van der Waals surface area contributed by atoms with Gasteiger partial charge in [0, 0.05) is 24.5 Å². The molecule has 3 rings (SSSR count). The predicted octanol–water partition coefficient (Wildman–Crippen LogP) is 4.39. The molecule has 0 N–H and O–H groups in total. The van der Waals surface area contributed by atoms with E-state index in [1.165, 1.54) is 5.56 Å². The molecule has 0 spiro atoms. The van der Waals surface area contributed by atoms with Crippen molar-refractivity contribution in [1.29, 1.82) is 0 Å². The van der Waals surface area contributed by atoms with E-state index in [0.29, 0.717) is 11.9 Å². The topological polar surface area (TPSA) is 30.7 Å². The van der Waals surface area contributed by atoms with E-state index in [1.54, 1.807) is 11.3 Å². The van der Waals surface area contributed by atoms with Crippen LogP contribution in [-0.2, 0) is 12.8 Å². The van der Waals surface area contributed by atoms with Crippen molar-refractivity contribution in [2.75, 3.05) is 5.88 Å². The molecule has 21 heavy (non-hydrogen) atoms. The van der Waals surface area contributed by atoms with Crippen LogP contribution in [0.3, 0.4) is 0 Å². The molecule has 5 heteroatoms. The molecule has 0 bridgehead atoms. The number of fused-ring (bicyclic) bond motifs is 1. The Kier molecular flexibility index (Phi) is 4.27. The second-order valence-electron chi connectivity index (χ2n) is 5.38. The Morgan fingerprint density at radius 1 is 1.43 bits per heavy atom. The fourth-order valence-electron chi connectivity index (χ4n) is 2.69. The normalized spacial score (nSPS) is 12.9. The number of hydrogen-bond acceptors (Lipinski definition) is 3. The van der Waals surface area contributed by atoms with Crippen molar-refractivity contribution >= 4 is 34.1 Å². The molecule has 0 saturated carbocycles. The van der Waals surface area contributed by atoms with Crippen LogP contribution in [0.5, 0.6) is 0 Å². The lowest BCUT2D eigenvalue weighted by molar-refractivity contribution is 0.535. The standard InChI is InChI=1S/C16H18ClN3S/c1-11-7-14-16(18-9-11)20(15(19-14)3-5-17)12(2)8-13-4-6-21-10-13/h4,6-7,9-10,12H,3,5,8H2,1-2H3. The summed E-state index contributed by atoms with van der Waals surface area (Å²) in [5.74, 6) is 1.61. The van der Waals surface area contributed by atoms with E-state index < -0.39 is 0 Å². The van der Waals surface area contributed by atoms with Crippen LogP contribution in [0, 0.1) is 6.92 Å². The first-order valence-electron chi connectivity index (χ1n) is 7.09. The third kappa shape index (κ3) is 2.97. The number of halogens is 1. The summed E-state index contributed by atoms with van der Waals surface area (Å²) in [4.78, 5) is 9.33. The van der Waals surface area contributed by atoms with Gasteiger partial charge in [0.15, 0.2) is 5.65 Å². The van der Waals surface area contributed by atoms with Crippen molar-refractivity contribution in [3.63, 3.8) is 0 Å². The molecule has 1 unspecified atom stereocenters. The summed E-state index contributed by atoms with van der Waals surface area (Å²) in [5.41, 5.74) is 4.42. The Bertz CT molecular complexity index is 733. The van der Waals surface area contributed by atoms with Crippen LogP contribution in [-0.4, -0.2) is 20.4 Å². The Hall–Kier alpha value is -1.39. The molecule has 0 aromatic carbocycles. The third-order valence-electron chi connectivity index (χ3n) is 3.61. The van der Waals surface area contributed by atoms with E-state index in [1.807, 2.05) is 13.1 Å². The highest BCUT2D eigenvalue weighted by Crippen LogP contribution is 2.24. The predicted molar refractivity (Wildman–Crippen MR) is 89.4 cm³/mol. The van der Waals surface area contributed by atoms with Gasteiger partial charge in [0.25, 0.3) is 0 Å². The van der Waals surface area contributed by atoms with Crippen LogP contribution in [0.1, 0.15) is 29.9 Å². The summed E-state index contributed by atoms with van der Waals surface area (Å²) in [7, 11) is 0. The zero-order valence-corrected chi connectivity index (χ0v) is 13.8. The fourth-order valence-corrected chi connectivity index (χ4v) is 3.55. The van der Waals surface area contributed by atoms with Gasteiger partial charge in [-0.1, -0.05) is 0 Å². The van der Waals surface area contributed by atoms with Crippen LogP contribution in [0.2, 0.25) is 0 Å². The number of alkyl halides is 1. The second-order valence-corrected chi connectivity index (χ2v) is 6.54. The lowest BCUT2D eigenvalue weighted by Gasteiger charge is -2.16. The van der Waals surface area contributed by atoms with E-state index in [2.05, 4.69) is 39.4 Å². The summed E-state index contributed by atoms with van der Waals surface area (Å²) in [5, 5.41) is 4.32. The minimum absolute atomic E-state index is 0.318. The minimum atomic E-state index is 0.318. The lowest BCUT2D eigenvalue weighted by Crippen LogP contribution is -2.12. The molecule has 0 aliphatic carbocycles. The SMILES string of the molecule is Cc1cnc2c(c1)nc(CCCl)n2C(C)Cc1ccsc1. The summed E-state index contributed by atoms with van der Waals surface area (Å²) < 4.78 is 2.24. The summed E-state index contributed by atoms with van der Waals surface area (Å²) >= 11 is 7.68. The number of aromatic nitrogens is 3. The molecule has 0 saturated heterocycles. The highest BCUT2D eigenvalue weighted by atomic mass is 35.5. The highest BCUT2D eigenvalue weighted by Gasteiger charge is 2.17. The average Bonchev–Trinajstić information content (AvgIpc) is 3.05. The van der Waals surface area contributed by atoms with Gasteiger partial charge in [-0.15, -0.1) is 11.6 Å². The van der Waals surface area contributed by atoms with Gasteiger partial charge in [0.05, 0.1) is 0 Å². The van der Waals surface area contributed by atoms with Crippen molar-refractivity contribution in [2.24, 2.45) is 0 Å². The van der Waals surface area contributed by atoms with E-state index in [0.717, 1.165) is 35.4 Å². The Morgan fingerprint density at radius 2 is 2.29 bits per heavy atom. The fraction of sp³-hybridized carbons (Fsp3) is 0.375. The number of pyridine rings is 1. The van der Waals surface area contributed by atoms with Crippen molar-refractivity contribution in [3.8, 4) is 0 Å². The van der Waals surface area contributed by atoms with Crippen LogP contribution in [0.15, 0.2) is 29.1 Å². The maximum atomic E-state index is 5.94. The lowest BCUT2D eigenvalue weighted by atomic mass is 10.1. The molecule has 3 aromatic heterocycles. The van der Waals surface area contributed by atoms with Gasteiger partial charge >= 0.3 is 0 Å². The smallest absolute Gasteiger partial charge is 0.160 e. The second kappa shape index (κ2) is 6.16. The Labute approximate surface area is 133 Å². The largest absolute Gasteiger partial charge is 0.309 e. The van der Waals surface area contributed by atoms with Gasteiger partial charge in [-0.2, -0.15) is 11.3 Å². The summed E-state index contributed by atoms with van der Waals surface area (Å²) in [6, 6.07) is 4.59. The van der Waals surface area contributed by atoms with Crippen molar-refractivity contribution in [2.45, 2.75) is 32.7 Å². The van der Waals surface area contributed by atoms with Crippen LogP contribution in [0.25, 0.3) is 11.2 Å². The molecule has 0 fully saturated rings. The number of rotatable bonds is 5. The van der Waals surface area contributed by atoms with Crippen molar-refractivity contribution in [1.82, 2.24) is 14.5 Å². The first kappa shape index (κ1) is 14.5. The summed E-state index contributed by atoms with van der Waals surface area (Å²) in [6.45, 7) is 4.26. The van der Waals surface area contributed by atoms with E-state index in [-0.39, 0.29) is 0 Å². The number of imidazole rings is 1. The molecular formula is C16H18ClN3S. The van der Waals surface area contributed by atoms with E-state index in [4.69, 9.17) is 16.6 Å². The molecular weight excluding hydrogens is 302 g/mol. The molecule has 0 aliphatic rings. The Morgan fingerprint density at radius 3 is 3.00 bits per heavy atom. The zero-order chi connectivity index (χ0) is 14.8. The van der Waals surface area contributed by atoms with E-state index in [9.17, 15) is 0 Å². The quantitative estimate of drug-likeness (QED) is 0.653. The molecule has 3 aromatic rings. The Balaban J connectivity index is 2.03. The van der Waals surface area contributed by atoms with Crippen molar-refractivity contribution < 1.29 is 0 Å².